The second-order valence-electron chi connectivity index (χ2n) is 8.57. The first kappa shape index (κ1) is 25.0. The Bertz CT molecular complexity index is 1230. The minimum atomic E-state index is -1.49. The van der Waals surface area contributed by atoms with Crippen molar-refractivity contribution >= 4 is 35.3 Å². The number of rotatable bonds is 8. The van der Waals surface area contributed by atoms with Crippen molar-refractivity contribution < 1.29 is 38.2 Å². The summed E-state index contributed by atoms with van der Waals surface area (Å²) in [4.78, 5) is 66.2. The van der Waals surface area contributed by atoms with Crippen LogP contribution in [0.3, 0.4) is 0 Å². The highest BCUT2D eigenvalue weighted by Crippen LogP contribution is 2.34. The van der Waals surface area contributed by atoms with Gasteiger partial charge >= 0.3 is 6.03 Å². The molecule has 2 atom stereocenters. The number of carboxylic acids is 1. The fourth-order valence-corrected chi connectivity index (χ4v) is 4.60. The monoisotopic (exact) mass is 496 g/mol. The first-order valence-electron chi connectivity index (χ1n) is 11.2. The predicted octanol–water partition coefficient (Wildman–Crippen LogP) is 0.733. The number of carbonyl (C=O) groups is 5. The van der Waals surface area contributed by atoms with E-state index in [0.717, 1.165) is 4.90 Å². The van der Waals surface area contributed by atoms with Gasteiger partial charge in [0.15, 0.2) is 5.78 Å². The van der Waals surface area contributed by atoms with E-state index in [4.69, 9.17) is 4.74 Å². The SMILES string of the molecule is CC(=O)c1cccc(N2C(=O)[C@@H]3[C@@H](CCN3C(=O)COCC(=O)[O-])N(Cc3cccc(F)c3)C2=O)c1. The average Bonchev–Trinajstić information content (AvgIpc) is 3.27. The molecule has 2 aliphatic rings. The smallest absolute Gasteiger partial charge is 0.332 e. The molecule has 2 aliphatic heterocycles. The Labute approximate surface area is 205 Å². The van der Waals surface area contributed by atoms with Crippen LogP contribution in [-0.2, 0) is 25.7 Å². The molecule has 36 heavy (non-hydrogen) atoms. The molecule has 2 aromatic rings. The van der Waals surface area contributed by atoms with Gasteiger partial charge in [0.1, 0.15) is 18.5 Å². The van der Waals surface area contributed by atoms with Crippen LogP contribution in [0.1, 0.15) is 29.3 Å². The quantitative estimate of drug-likeness (QED) is 0.493. The van der Waals surface area contributed by atoms with Gasteiger partial charge in [0.25, 0.3) is 5.91 Å². The van der Waals surface area contributed by atoms with Crippen LogP contribution in [0, 0.1) is 5.82 Å². The summed E-state index contributed by atoms with van der Waals surface area (Å²) < 4.78 is 18.7. The number of ether oxygens (including phenoxy) is 1. The number of ketones is 1. The zero-order chi connectivity index (χ0) is 26.0. The number of carboxylic acid groups (broad SMARTS) is 1. The molecule has 4 rings (SSSR count). The van der Waals surface area contributed by atoms with E-state index in [-0.39, 0.29) is 31.0 Å². The third-order valence-electron chi connectivity index (χ3n) is 6.20. The van der Waals surface area contributed by atoms with E-state index in [0.29, 0.717) is 11.1 Å². The summed E-state index contributed by atoms with van der Waals surface area (Å²) in [5, 5.41) is 10.6. The fraction of sp³-hybridized carbons (Fsp3) is 0.320. The number of benzene rings is 2. The van der Waals surface area contributed by atoms with Crippen molar-refractivity contribution in [3.63, 3.8) is 0 Å². The summed E-state index contributed by atoms with van der Waals surface area (Å²) in [6.07, 6.45) is 0.283. The fourth-order valence-electron chi connectivity index (χ4n) is 4.60. The lowest BCUT2D eigenvalue weighted by molar-refractivity contribution is -0.309. The number of likely N-dealkylation sites (tertiary alicyclic amines) is 1. The molecule has 11 heteroatoms. The summed E-state index contributed by atoms with van der Waals surface area (Å²) in [6, 6.07) is 9.31. The first-order valence-corrected chi connectivity index (χ1v) is 11.2. The molecule has 0 spiro atoms. The maximum absolute atomic E-state index is 13.8. The van der Waals surface area contributed by atoms with E-state index in [2.05, 4.69) is 0 Å². The number of urea groups is 1. The van der Waals surface area contributed by atoms with Gasteiger partial charge in [0, 0.05) is 18.7 Å². The van der Waals surface area contributed by atoms with Crippen molar-refractivity contribution in [1.82, 2.24) is 9.80 Å². The molecular weight excluding hydrogens is 473 g/mol. The van der Waals surface area contributed by atoms with Crippen LogP contribution < -0.4 is 10.0 Å². The highest BCUT2D eigenvalue weighted by molar-refractivity contribution is 6.19. The van der Waals surface area contributed by atoms with Gasteiger partial charge < -0.3 is 24.4 Å². The number of Topliss-reactive ketones (excluding diaryl/α,β-unsaturated/α-hetero) is 1. The molecule has 10 nitrogen and oxygen atoms in total. The van der Waals surface area contributed by atoms with E-state index in [1.54, 1.807) is 18.2 Å². The molecule has 2 saturated heterocycles. The summed E-state index contributed by atoms with van der Waals surface area (Å²) in [7, 11) is 0. The lowest BCUT2D eigenvalue weighted by Gasteiger charge is -2.43. The van der Waals surface area contributed by atoms with E-state index >= 15 is 0 Å². The van der Waals surface area contributed by atoms with Crippen LogP contribution in [0.15, 0.2) is 48.5 Å². The molecule has 0 saturated carbocycles. The molecule has 2 aromatic carbocycles. The molecule has 0 unspecified atom stereocenters. The van der Waals surface area contributed by atoms with E-state index in [1.165, 1.54) is 47.1 Å². The molecule has 0 N–H and O–H groups in total. The Morgan fingerprint density at radius 1 is 1.08 bits per heavy atom. The second-order valence-corrected chi connectivity index (χ2v) is 8.57. The number of halogens is 1. The minimum Gasteiger partial charge on any atom is -0.548 e. The van der Waals surface area contributed by atoms with Gasteiger partial charge in [-0.3, -0.25) is 14.4 Å². The van der Waals surface area contributed by atoms with Gasteiger partial charge in [0.2, 0.25) is 5.91 Å². The molecule has 0 aromatic heterocycles. The standard InChI is InChI=1S/C25H24FN3O7/c1-15(30)17-5-3-7-19(11-17)29-24(34)23-20(8-9-27(23)21(31)13-36-14-22(32)33)28(25(29)35)12-16-4-2-6-18(26)10-16/h2-7,10-11,20,23H,8-9,12-14H2,1H3,(H,32,33)/p-1/t20-,23+/m1/s1. The Balaban J connectivity index is 1.70. The number of hydrogen-bond donors (Lipinski definition) is 0. The lowest BCUT2D eigenvalue weighted by Crippen LogP contribution is -2.66. The van der Waals surface area contributed by atoms with Crippen LogP contribution in [0.2, 0.25) is 0 Å². The Morgan fingerprint density at radius 3 is 2.53 bits per heavy atom. The third-order valence-corrected chi connectivity index (χ3v) is 6.20. The van der Waals surface area contributed by atoms with Gasteiger partial charge in [-0.1, -0.05) is 24.3 Å². The van der Waals surface area contributed by atoms with Gasteiger partial charge in [-0.2, -0.15) is 0 Å². The normalized spacial score (nSPS) is 19.4. The second kappa shape index (κ2) is 10.2. The molecule has 2 heterocycles. The number of imide groups is 1. The van der Waals surface area contributed by atoms with Crippen molar-refractivity contribution in [2.75, 3.05) is 24.7 Å². The van der Waals surface area contributed by atoms with Crippen LogP contribution in [0.5, 0.6) is 0 Å². The van der Waals surface area contributed by atoms with Crippen molar-refractivity contribution in [2.24, 2.45) is 0 Å². The number of carbonyl (C=O) groups excluding carboxylic acids is 5. The number of fused-ring (bicyclic) bond motifs is 1. The van der Waals surface area contributed by atoms with E-state index in [9.17, 15) is 33.5 Å². The topological polar surface area (TPSA) is 127 Å². The van der Waals surface area contributed by atoms with Gasteiger partial charge in [-0.05, 0) is 43.2 Å². The van der Waals surface area contributed by atoms with Crippen LogP contribution in [-0.4, -0.2) is 71.2 Å². The molecule has 188 valence electrons. The molecule has 0 aliphatic carbocycles. The van der Waals surface area contributed by atoms with Crippen molar-refractivity contribution in [1.29, 1.82) is 0 Å². The van der Waals surface area contributed by atoms with Crippen molar-refractivity contribution in [3.8, 4) is 0 Å². The minimum absolute atomic E-state index is 0.0167. The van der Waals surface area contributed by atoms with Crippen molar-refractivity contribution in [3.05, 3.63) is 65.5 Å². The third kappa shape index (κ3) is 4.96. The average molecular weight is 496 g/mol. The number of hydrogen-bond acceptors (Lipinski definition) is 7. The van der Waals surface area contributed by atoms with Gasteiger partial charge in [0.05, 0.1) is 24.3 Å². The Morgan fingerprint density at radius 2 is 1.83 bits per heavy atom. The van der Waals surface area contributed by atoms with Gasteiger partial charge in [-0.25, -0.2) is 14.1 Å². The van der Waals surface area contributed by atoms with Crippen LogP contribution in [0.25, 0.3) is 0 Å². The molecule has 0 radical (unpaired) electrons. The molecule has 2 fully saturated rings. The summed E-state index contributed by atoms with van der Waals surface area (Å²) in [5.74, 6) is -3.50. The summed E-state index contributed by atoms with van der Waals surface area (Å²) in [6.45, 7) is 0.104. The summed E-state index contributed by atoms with van der Waals surface area (Å²) in [5.41, 5.74) is 0.950. The number of aliphatic carboxylic acids is 1. The molecule has 4 amide bonds. The molecular formula is C25H23FN3O7-. The van der Waals surface area contributed by atoms with Gasteiger partial charge in [-0.15, -0.1) is 0 Å². The summed E-state index contributed by atoms with van der Waals surface area (Å²) >= 11 is 0. The number of amides is 4. The van der Waals surface area contributed by atoms with E-state index < -0.39 is 54.9 Å². The highest BCUT2D eigenvalue weighted by Gasteiger charge is 2.53. The number of anilines is 1. The molecule has 0 bridgehead atoms. The Kier molecular flexibility index (Phi) is 7.11. The van der Waals surface area contributed by atoms with E-state index in [1.807, 2.05) is 0 Å². The number of nitrogens with zero attached hydrogens (tertiary/aromatic N) is 3. The van der Waals surface area contributed by atoms with Crippen molar-refractivity contribution in [2.45, 2.75) is 32.0 Å². The van der Waals surface area contributed by atoms with Crippen LogP contribution >= 0.6 is 0 Å². The predicted molar refractivity (Wildman–Crippen MR) is 121 cm³/mol. The highest BCUT2D eigenvalue weighted by atomic mass is 19.1. The largest absolute Gasteiger partial charge is 0.548 e. The maximum atomic E-state index is 13.8. The zero-order valence-electron chi connectivity index (χ0n) is 19.4. The van der Waals surface area contributed by atoms with Crippen LogP contribution in [0.4, 0.5) is 14.9 Å². The maximum Gasteiger partial charge on any atom is 0.332 e. The zero-order valence-corrected chi connectivity index (χ0v) is 19.4. The lowest BCUT2D eigenvalue weighted by atomic mass is 10.0. The first-order chi connectivity index (χ1) is 17.2. The Hall–Kier alpha value is -4.12.